The van der Waals surface area contributed by atoms with Gasteiger partial charge in [-0.1, -0.05) is 84.9 Å². The van der Waals surface area contributed by atoms with Crippen LogP contribution in [0.15, 0.2) is 109 Å². The van der Waals surface area contributed by atoms with Gasteiger partial charge in [-0.05, 0) is 42.7 Å². The predicted octanol–water partition coefficient (Wildman–Crippen LogP) is 6.44. The zero-order valence-corrected chi connectivity index (χ0v) is 22.0. The lowest BCUT2D eigenvalue weighted by Crippen LogP contribution is -2.33. The Labute approximate surface area is 224 Å². The van der Waals surface area contributed by atoms with Crippen LogP contribution in [-0.2, 0) is 17.8 Å². The summed E-state index contributed by atoms with van der Waals surface area (Å²) in [5.41, 5.74) is 6.25. The second kappa shape index (κ2) is 11.8. The highest BCUT2D eigenvalue weighted by Crippen LogP contribution is 2.35. The third kappa shape index (κ3) is 5.62. The molecule has 5 nitrogen and oxygen atoms in total. The van der Waals surface area contributed by atoms with Gasteiger partial charge in [-0.15, -0.1) is 0 Å². The zero-order chi connectivity index (χ0) is 26.3. The van der Waals surface area contributed by atoms with Crippen LogP contribution in [0.5, 0.6) is 5.75 Å². The second-order valence-electron chi connectivity index (χ2n) is 9.58. The molecule has 0 radical (unpaired) electrons. The van der Waals surface area contributed by atoms with Gasteiger partial charge in [-0.3, -0.25) is 4.79 Å². The molecule has 1 unspecified atom stereocenters. The molecule has 2 heterocycles. The third-order valence-corrected chi connectivity index (χ3v) is 7.08. The van der Waals surface area contributed by atoms with E-state index in [1.807, 2.05) is 77.8 Å². The number of hydrogen-bond donors (Lipinski definition) is 0. The van der Waals surface area contributed by atoms with Gasteiger partial charge >= 0.3 is 0 Å². The van der Waals surface area contributed by atoms with E-state index in [1.54, 1.807) is 7.11 Å². The molecule has 192 valence electrons. The van der Waals surface area contributed by atoms with Gasteiger partial charge in [0, 0.05) is 42.9 Å². The number of aryl methyl sites for hydroxylation is 1. The van der Waals surface area contributed by atoms with Crippen molar-refractivity contribution in [1.29, 1.82) is 0 Å². The minimum absolute atomic E-state index is 0.101. The van der Waals surface area contributed by atoms with E-state index in [4.69, 9.17) is 4.74 Å². The molecule has 5 aromatic rings. The normalized spacial score (nSPS) is 11.8. The number of pyridine rings is 1. The van der Waals surface area contributed by atoms with Crippen molar-refractivity contribution in [2.45, 2.75) is 32.2 Å². The molecule has 0 aliphatic heterocycles. The quantitative estimate of drug-likeness (QED) is 0.220. The number of amides is 1. The molecule has 2 aromatic heterocycles. The van der Waals surface area contributed by atoms with E-state index < -0.39 is 0 Å². The fraction of sp³-hybridized carbons (Fsp3) is 0.212. The first-order chi connectivity index (χ1) is 18.6. The number of rotatable bonds is 10. The third-order valence-electron chi connectivity index (χ3n) is 7.08. The van der Waals surface area contributed by atoms with Gasteiger partial charge in [-0.25, -0.2) is 4.98 Å². The number of fused-ring (bicyclic) bond motifs is 1. The van der Waals surface area contributed by atoms with Crippen LogP contribution < -0.4 is 4.74 Å². The van der Waals surface area contributed by atoms with Crippen molar-refractivity contribution < 1.29 is 9.53 Å². The smallest absolute Gasteiger partial charge is 0.223 e. The average molecular weight is 504 g/mol. The van der Waals surface area contributed by atoms with Crippen LogP contribution in [0.4, 0.5) is 0 Å². The van der Waals surface area contributed by atoms with Crippen LogP contribution in [0.3, 0.4) is 0 Å². The molecule has 0 aliphatic rings. The second-order valence-corrected chi connectivity index (χ2v) is 9.58. The van der Waals surface area contributed by atoms with Crippen molar-refractivity contribution >= 4 is 11.6 Å². The summed E-state index contributed by atoms with van der Waals surface area (Å²) >= 11 is 0. The maximum Gasteiger partial charge on any atom is 0.223 e. The van der Waals surface area contributed by atoms with Crippen LogP contribution in [0.2, 0.25) is 0 Å². The number of hydrogen-bond acceptors (Lipinski definition) is 3. The van der Waals surface area contributed by atoms with Gasteiger partial charge in [0.15, 0.2) is 0 Å². The molecule has 0 aliphatic carbocycles. The molecular formula is C33H33N3O2. The topological polar surface area (TPSA) is 46.8 Å². The lowest BCUT2D eigenvalue weighted by molar-refractivity contribution is -0.132. The van der Waals surface area contributed by atoms with Gasteiger partial charge in [-0.2, -0.15) is 0 Å². The largest absolute Gasteiger partial charge is 0.496 e. The number of carbonyl (C=O) groups excluding carboxylic acids is 1. The van der Waals surface area contributed by atoms with E-state index in [1.165, 1.54) is 5.56 Å². The monoisotopic (exact) mass is 503 g/mol. The first kappa shape index (κ1) is 25.3. The van der Waals surface area contributed by atoms with Crippen molar-refractivity contribution in [2.75, 3.05) is 13.7 Å². The Balaban J connectivity index is 1.50. The highest BCUT2D eigenvalue weighted by Gasteiger charge is 2.27. The number of aromatic nitrogens is 2. The lowest BCUT2D eigenvalue weighted by Gasteiger charge is -2.27. The Bertz CT molecular complexity index is 1500. The van der Waals surface area contributed by atoms with Gasteiger partial charge < -0.3 is 14.0 Å². The predicted molar refractivity (Wildman–Crippen MR) is 151 cm³/mol. The fourth-order valence-electron chi connectivity index (χ4n) is 5.11. The van der Waals surface area contributed by atoms with Crippen LogP contribution in [0, 0.1) is 6.92 Å². The molecule has 0 fully saturated rings. The molecule has 3 aromatic carbocycles. The van der Waals surface area contributed by atoms with Crippen LogP contribution >= 0.6 is 0 Å². The molecule has 0 saturated carbocycles. The molecule has 1 atom stereocenters. The molecule has 38 heavy (non-hydrogen) atoms. The molecule has 0 spiro atoms. The van der Waals surface area contributed by atoms with Crippen molar-refractivity contribution in [1.82, 2.24) is 14.3 Å². The summed E-state index contributed by atoms with van der Waals surface area (Å²) < 4.78 is 7.90. The summed E-state index contributed by atoms with van der Waals surface area (Å²) in [4.78, 5) is 20.8. The number of ether oxygens (including phenoxy) is 1. The van der Waals surface area contributed by atoms with Crippen molar-refractivity contribution in [3.8, 4) is 5.75 Å². The summed E-state index contributed by atoms with van der Waals surface area (Å²) in [7, 11) is 1.68. The number of imidazole rings is 1. The summed E-state index contributed by atoms with van der Waals surface area (Å²) in [6.45, 7) is 3.28. The minimum Gasteiger partial charge on any atom is -0.496 e. The van der Waals surface area contributed by atoms with Crippen molar-refractivity contribution in [3.63, 3.8) is 0 Å². The molecule has 0 saturated heterocycles. The zero-order valence-electron chi connectivity index (χ0n) is 22.0. The number of para-hydroxylation sites is 1. The van der Waals surface area contributed by atoms with E-state index in [-0.39, 0.29) is 11.8 Å². The molecule has 0 bridgehead atoms. The Hall–Kier alpha value is -4.38. The molecule has 5 rings (SSSR count). The summed E-state index contributed by atoms with van der Waals surface area (Å²) in [5.74, 6) is 0.654. The summed E-state index contributed by atoms with van der Waals surface area (Å²) in [6.07, 6.45) is 3.01. The van der Waals surface area contributed by atoms with Crippen molar-refractivity contribution in [3.05, 3.63) is 137 Å². The Kier molecular flexibility index (Phi) is 7.84. The van der Waals surface area contributed by atoms with Crippen molar-refractivity contribution in [2.24, 2.45) is 0 Å². The minimum atomic E-state index is -0.218. The standard InChI is InChI=1S/C33H33N3O2/c1-25-12-11-19-32-34-23-30(36(25)32)29(28-17-9-10-18-31(28)38-2)22-33(37)35(24-27-15-7-4-8-16-27)21-20-26-13-5-3-6-14-26/h3-19,23,29H,20-22,24H2,1-2H3. The number of methoxy groups -OCH3 is 1. The SMILES string of the molecule is COc1ccccc1C(CC(=O)N(CCc1ccccc1)Cc1ccccc1)c1cnc2cccc(C)n12. The van der Waals surface area contributed by atoms with E-state index in [0.717, 1.165) is 40.3 Å². The van der Waals surface area contributed by atoms with Gasteiger partial charge in [0.2, 0.25) is 5.91 Å². The Morgan fingerprint density at radius 3 is 2.29 bits per heavy atom. The highest BCUT2D eigenvalue weighted by molar-refractivity contribution is 5.78. The van der Waals surface area contributed by atoms with Crippen LogP contribution in [-0.4, -0.2) is 33.8 Å². The van der Waals surface area contributed by atoms with Gasteiger partial charge in [0.05, 0.1) is 12.8 Å². The summed E-state index contributed by atoms with van der Waals surface area (Å²) in [5, 5.41) is 0. The average Bonchev–Trinajstić information content (AvgIpc) is 3.40. The molecular weight excluding hydrogens is 470 g/mol. The van der Waals surface area contributed by atoms with E-state index in [9.17, 15) is 4.79 Å². The van der Waals surface area contributed by atoms with Crippen LogP contribution in [0.25, 0.3) is 5.65 Å². The maximum atomic E-state index is 14.1. The van der Waals surface area contributed by atoms with E-state index >= 15 is 0 Å². The fourth-order valence-corrected chi connectivity index (χ4v) is 5.11. The Morgan fingerprint density at radius 1 is 0.868 bits per heavy atom. The molecule has 0 N–H and O–H groups in total. The Morgan fingerprint density at radius 2 is 1.55 bits per heavy atom. The first-order valence-corrected chi connectivity index (χ1v) is 13.1. The van der Waals surface area contributed by atoms with E-state index in [0.29, 0.717) is 19.5 Å². The molecule has 5 heteroatoms. The number of nitrogens with zero attached hydrogens (tertiary/aromatic N) is 3. The number of benzene rings is 3. The maximum absolute atomic E-state index is 14.1. The highest BCUT2D eigenvalue weighted by atomic mass is 16.5. The first-order valence-electron chi connectivity index (χ1n) is 13.1. The van der Waals surface area contributed by atoms with E-state index in [2.05, 4.69) is 52.7 Å². The number of carbonyl (C=O) groups is 1. The summed E-state index contributed by atoms with van der Waals surface area (Å²) in [6, 6.07) is 34.6. The lowest BCUT2D eigenvalue weighted by atomic mass is 9.91. The molecule has 1 amide bonds. The van der Waals surface area contributed by atoms with Crippen LogP contribution in [0.1, 0.15) is 40.4 Å². The van der Waals surface area contributed by atoms with Gasteiger partial charge in [0.25, 0.3) is 0 Å². The van der Waals surface area contributed by atoms with Gasteiger partial charge in [0.1, 0.15) is 11.4 Å².